The van der Waals surface area contributed by atoms with Crippen LogP contribution in [-0.2, 0) is 18.0 Å². The Labute approximate surface area is 188 Å². The summed E-state index contributed by atoms with van der Waals surface area (Å²) in [5.74, 6) is 1.24. The molecule has 0 saturated carbocycles. The molecule has 3 aromatic rings. The molecular formula is C25H18ClFO5. The van der Waals surface area contributed by atoms with Crippen LogP contribution in [0.2, 0.25) is 5.02 Å². The molecular weight excluding hydrogens is 435 g/mol. The van der Waals surface area contributed by atoms with Crippen LogP contribution in [0.15, 0.2) is 54.3 Å². The van der Waals surface area contributed by atoms with Gasteiger partial charge in [0.05, 0.1) is 12.2 Å². The second kappa shape index (κ2) is 8.30. The molecule has 32 heavy (non-hydrogen) atoms. The van der Waals surface area contributed by atoms with Gasteiger partial charge in [-0.3, -0.25) is 4.79 Å². The van der Waals surface area contributed by atoms with E-state index in [9.17, 15) is 9.18 Å². The van der Waals surface area contributed by atoms with Crippen LogP contribution in [-0.4, -0.2) is 12.6 Å². The molecule has 0 radical (unpaired) electrons. The van der Waals surface area contributed by atoms with E-state index in [1.165, 1.54) is 12.1 Å². The topological polar surface area (TPSA) is 54.0 Å². The number of fused-ring (bicyclic) bond motifs is 2. The molecule has 0 atom stereocenters. The molecule has 0 saturated heterocycles. The van der Waals surface area contributed by atoms with Crippen LogP contribution < -0.4 is 14.2 Å². The van der Waals surface area contributed by atoms with E-state index in [0.717, 1.165) is 5.56 Å². The third kappa shape index (κ3) is 3.83. The first-order valence-electron chi connectivity index (χ1n) is 9.97. The number of carbonyl (C=O) groups excluding carboxylic acids is 1. The quantitative estimate of drug-likeness (QED) is 0.465. The monoisotopic (exact) mass is 452 g/mol. The van der Waals surface area contributed by atoms with Crippen molar-refractivity contribution in [3.05, 3.63) is 92.9 Å². The number of ether oxygens (including phenoxy) is 4. The fraction of sp³-hybridized carbons (Fsp3) is 0.160. The fourth-order valence-corrected chi connectivity index (χ4v) is 4.02. The minimum atomic E-state index is -0.320. The van der Waals surface area contributed by atoms with Crippen molar-refractivity contribution < 1.29 is 28.1 Å². The van der Waals surface area contributed by atoms with Crippen LogP contribution in [0, 0.1) is 12.7 Å². The zero-order valence-electron chi connectivity index (χ0n) is 17.1. The molecule has 0 bridgehead atoms. The zero-order valence-corrected chi connectivity index (χ0v) is 17.9. The molecule has 0 unspecified atom stereocenters. The van der Waals surface area contributed by atoms with Gasteiger partial charge < -0.3 is 18.9 Å². The van der Waals surface area contributed by atoms with Crippen LogP contribution in [0.4, 0.5) is 4.39 Å². The second-order valence-corrected chi connectivity index (χ2v) is 7.95. The van der Waals surface area contributed by atoms with Crippen molar-refractivity contribution in [2.24, 2.45) is 0 Å². The van der Waals surface area contributed by atoms with Gasteiger partial charge in [0.1, 0.15) is 29.7 Å². The molecule has 162 valence electrons. The smallest absolute Gasteiger partial charge is 0.231 e. The number of ketones is 1. The third-order valence-corrected chi connectivity index (χ3v) is 5.53. The lowest BCUT2D eigenvalue weighted by Gasteiger charge is -2.20. The van der Waals surface area contributed by atoms with Gasteiger partial charge in [-0.1, -0.05) is 23.7 Å². The number of hydrogen-bond acceptors (Lipinski definition) is 5. The van der Waals surface area contributed by atoms with Gasteiger partial charge in [0.15, 0.2) is 12.6 Å². The van der Waals surface area contributed by atoms with E-state index >= 15 is 0 Å². The summed E-state index contributed by atoms with van der Waals surface area (Å²) in [5, 5.41) is 0.511. The highest BCUT2D eigenvalue weighted by atomic mass is 35.5. The number of hydrogen-bond donors (Lipinski definition) is 0. The first kappa shape index (κ1) is 20.5. The van der Waals surface area contributed by atoms with E-state index in [2.05, 4.69) is 0 Å². The SMILES string of the molecule is Cc1c(OCc2cccc(F)c2)ccc2c1O/C(=C\c1cc(Cl)cc3c1OCOC3)C2=O. The molecule has 2 heterocycles. The zero-order chi connectivity index (χ0) is 22.2. The predicted molar refractivity (Wildman–Crippen MR) is 117 cm³/mol. The maximum Gasteiger partial charge on any atom is 0.231 e. The molecule has 2 aliphatic rings. The molecule has 0 aliphatic carbocycles. The van der Waals surface area contributed by atoms with Gasteiger partial charge in [0, 0.05) is 21.7 Å². The number of Topliss-reactive ketones (excluding diaryl/α,β-unsaturated/α-hetero) is 1. The molecule has 2 aliphatic heterocycles. The van der Waals surface area contributed by atoms with Crippen molar-refractivity contribution in [2.45, 2.75) is 20.1 Å². The molecule has 5 rings (SSSR count). The average molecular weight is 453 g/mol. The van der Waals surface area contributed by atoms with E-state index < -0.39 is 0 Å². The maximum absolute atomic E-state index is 13.4. The lowest BCUT2D eigenvalue weighted by atomic mass is 10.0. The van der Waals surface area contributed by atoms with Gasteiger partial charge in [0.2, 0.25) is 5.78 Å². The fourth-order valence-electron chi connectivity index (χ4n) is 3.77. The highest BCUT2D eigenvalue weighted by Gasteiger charge is 2.31. The first-order chi connectivity index (χ1) is 15.5. The minimum Gasteiger partial charge on any atom is -0.488 e. The van der Waals surface area contributed by atoms with Gasteiger partial charge >= 0.3 is 0 Å². The van der Waals surface area contributed by atoms with Crippen LogP contribution in [0.5, 0.6) is 17.2 Å². The Morgan fingerprint density at radius 2 is 2.03 bits per heavy atom. The van der Waals surface area contributed by atoms with Crippen LogP contribution in [0.1, 0.15) is 32.6 Å². The molecule has 7 heteroatoms. The predicted octanol–water partition coefficient (Wildman–Crippen LogP) is 5.85. The summed E-state index contributed by atoms with van der Waals surface area (Å²) in [6.07, 6.45) is 1.63. The third-order valence-electron chi connectivity index (χ3n) is 5.31. The number of carbonyl (C=O) groups is 1. The summed E-state index contributed by atoms with van der Waals surface area (Å²) >= 11 is 6.23. The van der Waals surface area contributed by atoms with Gasteiger partial charge in [-0.05, 0) is 55.0 Å². The highest BCUT2D eigenvalue weighted by molar-refractivity contribution is 6.31. The Kier molecular flexibility index (Phi) is 5.33. The van der Waals surface area contributed by atoms with E-state index in [0.29, 0.717) is 51.1 Å². The van der Waals surface area contributed by atoms with Gasteiger partial charge in [-0.15, -0.1) is 0 Å². The maximum atomic E-state index is 13.4. The Balaban J connectivity index is 1.43. The summed E-state index contributed by atoms with van der Waals surface area (Å²) in [6.45, 7) is 2.52. The van der Waals surface area contributed by atoms with E-state index in [1.807, 2.05) is 6.92 Å². The Bertz CT molecular complexity index is 1270. The van der Waals surface area contributed by atoms with E-state index in [-0.39, 0.29) is 30.8 Å². The van der Waals surface area contributed by atoms with Crippen LogP contribution >= 0.6 is 11.6 Å². The Morgan fingerprint density at radius 1 is 1.16 bits per heavy atom. The molecule has 0 amide bonds. The molecule has 0 aromatic heterocycles. The average Bonchev–Trinajstić information content (AvgIpc) is 3.09. The number of halogens is 2. The Morgan fingerprint density at radius 3 is 2.88 bits per heavy atom. The van der Waals surface area contributed by atoms with Crippen molar-refractivity contribution in [3.63, 3.8) is 0 Å². The highest BCUT2D eigenvalue weighted by Crippen LogP contribution is 2.41. The summed E-state index contributed by atoms with van der Waals surface area (Å²) < 4.78 is 36.1. The summed E-state index contributed by atoms with van der Waals surface area (Å²) in [4.78, 5) is 13.0. The second-order valence-electron chi connectivity index (χ2n) is 7.52. The molecule has 0 N–H and O–H groups in total. The van der Waals surface area contributed by atoms with E-state index in [4.69, 9.17) is 30.5 Å². The first-order valence-corrected chi connectivity index (χ1v) is 10.4. The minimum absolute atomic E-state index is 0.130. The van der Waals surface area contributed by atoms with Crippen molar-refractivity contribution in [1.82, 2.24) is 0 Å². The molecule has 0 fully saturated rings. The van der Waals surface area contributed by atoms with Gasteiger partial charge in [0.25, 0.3) is 0 Å². The summed E-state index contributed by atoms with van der Waals surface area (Å²) in [7, 11) is 0. The van der Waals surface area contributed by atoms with Crippen molar-refractivity contribution in [3.8, 4) is 17.2 Å². The summed E-state index contributed by atoms with van der Waals surface area (Å²) in [6, 6.07) is 13.1. The number of rotatable bonds is 4. The van der Waals surface area contributed by atoms with Crippen LogP contribution in [0.25, 0.3) is 6.08 Å². The summed E-state index contributed by atoms with van der Waals surface area (Å²) in [5.41, 5.74) is 3.30. The molecule has 3 aromatic carbocycles. The lowest BCUT2D eigenvalue weighted by Crippen LogP contribution is -2.12. The van der Waals surface area contributed by atoms with Crippen molar-refractivity contribution >= 4 is 23.5 Å². The molecule has 5 nitrogen and oxygen atoms in total. The van der Waals surface area contributed by atoms with Crippen LogP contribution in [0.3, 0.4) is 0 Å². The van der Waals surface area contributed by atoms with Crippen molar-refractivity contribution in [2.75, 3.05) is 6.79 Å². The normalized spacial score (nSPS) is 15.7. The van der Waals surface area contributed by atoms with E-state index in [1.54, 1.807) is 42.5 Å². The lowest BCUT2D eigenvalue weighted by molar-refractivity contribution is -0.0165. The Hall–Kier alpha value is -3.35. The standard InChI is InChI=1S/C25H18ClFO5/c1-14-21(30-11-15-3-2-4-19(27)7-15)6-5-20-23(28)22(32-24(14)20)10-16-8-18(26)9-17-12-29-13-31-25(16)17/h2-10H,11-13H2,1H3/b22-10-. The van der Waals surface area contributed by atoms with Gasteiger partial charge in [-0.2, -0.15) is 0 Å². The number of benzene rings is 3. The van der Waals surface area contributed by atoms with Crippen molar-refractivity contribution in [1.29, 1.82) is 0 Å². The van der Waals surface area contributed by atoms with Gasteiger partial charge in [-0.25, -0.2) is 4.39 Å². The largest absolute Gasteiger partial charge is 0.488 e. The molecule has 0 spiro atoms. The number of allylic oxidation sites excluding steroid dienone is 1.